The van der Waals surface area contributed by atoms with Gasteiger partial charge in [-0.25, -0.2) is 9.97 Å². The summed E-state index contributed by atoms with van der Waals surface area (Å²) in [5.41, 5.74) is 2.05. The van der Waals surface area contributed by atoms with Crippen LogP contribution in [0.15, 0.2) is 76.3 Å². The van der Waals surface area contributed by atoms with Gasteiger partial charge in [-0.15, -0.1) is 0 Å². The Bertz CT molecular complexity index is 1320. The highest BCUT2D eigenvalue weighted by Gasteiger charge is 2.28. The van der Waals surface area contributed by atoms with E-state index < -0.39 is 0 Å². The summed E-state index contributed by atoms with van der Waals surface area (Å²) < 4.78 is 7.01. The third-order valence-electron chi connectivity index (χ3n) is 6.21. The van der Waals surface area contributed by atoms with Crippen molar-refractivity contribution < 1.29 is 9.21 Å². The Balaban J connectivity index is 1.37. The van der Waals surface area contributed by atoms with Crippen molar-refractivity contribution in [1.82, 2.24) is 19.9 Å². The second-order valence-electron chi connectivity index (χ2n) is 8.56. The van der Waals surface area contributed by atoms with Crippen LogP contribution in [-0.4, -0.2) is 40.1 Å². The number of aromatic nitrogens is 3. The Labute approximate surface area is 197 Å². The van der Waals surface area contributed by atoms with Gasteiger partial charge < -0.3 is 14.6 Å². The zero-order valence-electron chi connectivity index (χ0n) is 18.9. The Morgan fingerprint density at radius 3 is 2.82 bits per heavy atom. The minimum atomic E-state index is -0.196. The number of pyridine rings is 1. The minimum absolute atomic E-state index is 0.00308. The molecule has 1 atom stereocenters. The molecular weight excluding hydrogens is 430 g/mol. The highest BCUT2D eigenvalue weighted by molar-refractivity contribution is 5.79. The average Bonchev–Trinajstić information content (AvgIpc) is 3.40. The number of anilines is 1. The van der Waals surface area contributed by atoms with E-state index in [4.69, 9.17) is 4.42 Å². The van der Waals surface area contributed by atoms with Crippen molar-refractivity contribution in [3.8, 4) is 0 Å². The van der Waals surface area contributed by atoms with Crippen LogP contribution in [0.25, 0.3) is 11.2 Å². The van der Waals surface area contributed by atoms with Crippen LogP contribution in [-0.2, 0) is 17.8 Å². The highest BCUT2D eigenvalue weighted by atomic mass is 16.3. The molecule has 1 N–H and O–H groups in total. The molecule has 0 saturated carbocycles. The monoisotopic (exact) mass is 457 g/mol. The molecule has 4 heterocycles. The van der Waals surface area contributed by atoms with Crippen molar-refractivity contribution in [1.29, 1.82) is 0 Å². The average molecular weight is 458 g/mol. The molecule has 0 radical (unpaired) electrons. The maximum absolute atomic E-state index is 13.6. The van der Waals surface area contributed by atoms with Crippen LogP contribution in [0.3, 0.4) is 0 Å². The van der Waals surface area contributed by atoms with Crippen LogP contribution in [0.1, 0.15) is 24.2 Å². The molecule has 34 heavy (non-hydrogen) atoms. The fraction of sp³-hybridized carbons (Fsp3) is 0.308. The number of furan rings is 1. The van der Waals surface area contributed by atoms with Crippen molar-refractivity contribution in [2.45, 2.75) is 25.8 Å². The van der Waals surface area contributed by atoms with E-state index in [1.54, 1.807) is 17.0 Å². The molecule has 4 aromatic rings. The Hall–Kier alpha value is -3.94. The lowest BCUT2D eigenvalue weighted by atomic mass is 9.97. The van der Waals surface area contributed by atoms with Gasteiger partial charge >= 0.3 is 0 Å². The molecule has 1 fully saturated rings. The van der Waals surface area contributed by atoms with Gasteiger partial charge in [0.05, 0.1) is 18.7 Å². The maximum atomic E-state index is 13.6. The number of hydrogen-bond donors (Lipinski definition) is 1. The van der Waals surface area contributed by atoms with E-state index in [0.29, 0.717) is 49.6 Å². The Kier molecular flexibility index (Phi) is 6.38. The molecule has 1 aliphatic heterocycles. The summed E-state index contributed by atoms with van der Waals surface area (Å²) in [6, 6.07) is 17.3. The van der Waals surface area contributed by atoms with Gasteiger partial charge in [0.2, 0.25) is 5.91 Å². The van der Waals surface area contributed by atoms with Crippen molar-refractivity contribution in [3.05, 3.63) is 88.7 Å². The van der Waals surface area contributed by atoms with Gasteiger partial charge in [-0.05, 0) is 42.7 Å². The molecule has 0 spiro atoms. The second-order valence-corrected chi connectivity index (χ2v) is 8.56. The predicted molar refractivity (Wildman–Crippen MR) is 130 cm³/mol. The maximum Gasteiger partial charge on any atom is 0.295 e. The SMILES string of the molecule is O=C(NCCc1ccco1)C1CCCN(c2nc3cccnc3n(Cc3ccccc3)c2=O)C1. The number of benzene rings is 1. The minimum Gasteiger partial charge on any atom is -0.469 e. The van der Waals surface area contributed by atoms with Gasteiger partial charge in [0.1, 0.15) is 11.3 Å². The molecule has 1 aromatic carbocycles. The standard InChI is InChI=1S/C26H27N5O3/c32-25(28-14-12-21-10-6-16-34-21)20-9-5-15-30(18-20)24-26(33)31(17-19-7-2-1-3-8-19)23-22(29-24)11-4-13-27-23/h1-4,6-8,10-11,13,16,20H,5,9,12,14-15,17-18H2,(H,28,32). The molecule has 8 heteroatoms. The first-order chi connectivity index (χ1) is 16.7. The van der Waals surface area contributed by atoms with Gasteiger partial charge in [-0.1, -0.05) is 30.3 Å². The molecule has 1 amide bonds. The number of fused-ring (bicyclic) bond motifs is 1. The topological polar surface area (TPSA) is 93.3 Å². The molecule has 0 bridgehead atoms. The van der Waals surface area contributed by atoms with Gasteiger partial charge in [-0.3, -0.25) is 14.2 Å². The van der Waals surface area contributed by atoms with Crippen LogP contribution in [0.4, 0.5) is 5.82 Å². The zero-order chi connectivity index (χ0) is 23.3. The lowest BCUT2D eigenvalue weighted by Gasteiger charge is -2.32. The number of rotatable bonds is 7. The van der Waals surface area contributed by atoms with E-state index in [-0.39, 0.29) is 17.4 Å². The van der Waals surface area contributed by atoms with E-state index in [2.05, 4.69) is 15.3 Å². The van der Waals surface area contributed by atoms with Gasteiger partial charge in [0, 0.05) is 32.3 Å². The van der Waals surface area contributed by atoms with Crippen LogP contribution in [0.5, 0.6) is 0 Å². The van der Waals surface area contributed by atoms with Crippen LogP contribution >= 0.6 is 0 Å². The number of carbonyl (C=O) groups is 1. The number of hydrogen-bond acceptors (Lipinski definition) is 6. The fourth-order valence-electron chi connectivity index (χ4n) is 4.47. The summed E-state index contributed by atoms with van der Waals surface area (Å²) in [5.74, 6) is 1.03. The van der Waals surface area contributed by atoms with Gasteiger partial charge in [-0.2, -0.15) is 0 Å². The van der Waals surface area contributed by atoms with Gasteiger partial charge in [0.15, 0.2) is 11.5 Å². The normalized spacial score (nSPS) is 16.0. The third-order valence-corrected chi connectivity index (χ3v) is 6.21. The van der Waals surface area contributed by atoms with Crippen LogP contribution in [0, 0.1) is 5.92 Å². The zero-order valence-corrected chi connectivity index (χ0v) is 18.9. The van der Waals surface area contributed by atoms with Crippen LogP contribution < -0.4 is 15.8 Å². The number of nitrogens with one attached hydrogen (secondary N) is 1. The van der Waals surface area contributed by atoms with E-state index in [1.165, 1.54) is 0 Å². The Morgan fingerprint density at radius 2 is 2.00 bits per heavy atom. The van der Waals surface area contributed by atoms with Crippen molar-refractivity contribution in [2.75, 3.05) is 24.5 Å². The molecule has 1 aliphatic rings. The smallest absolute Gasteiger partial charge is 0.295 e. The summed E-state index contributed by atoms with van der Waals surface area (Å²) >= 11 is 0. The molecule has 0 aliphatic carbocycles. The lowest BCUT2D eigenvalue weighted by molar-refractivity contribution is -0.125. The van der Waals surface area contributed by atoms with Crippen LogP contribution in [0.2, 0.25) is 0 Å². The summed E-state index contributed by atoms with van der Waals surface area (Å²) in [6.45, 7) is 2.08. The summed E-state index contributed by atoms with van der Waals surface area (Å²) in [4.78, 5) is 37.5. The van der Waals surface area contributed by atoms with Gasteiger partial charge in [0.25, 0.3) is 5.56 Å². The van der Waals surface area contributed by atoms with E-state index in [0.717, 1.165) is 24.2 Å². The number of carbonyl (C=O) groups excluding carboxylic acids is 1. The van der Waals surface area contributed by atoms with E-state index >= 15 is 0 Å². The Morgan fingerprint density at radius 1 is 1.12 bits per heavy atom. The summed E-state index contributed by atoms with van der Waals surface area (Å²) in [7, 11) is 0. The van der Waals surface area contributed by atoms with E-state index in [9.17, 15) is 9.59 Å². The number of amides is 1. The van der Waals surface area contributed by atoms with Crippen molar-refractivity contribution in [3.63, 3.8) is 0 Å². The lowest BCUT2D eigenvalue weighted by Crippen LogP contribution is -2.46. The largest absolute Gasteiger partial charge is 0.469 e. The third kappa shape index (κ3) is 4.71. The number of piperidine rings is 1. The van der Waals surface area contributed by atoms with Crippen molar-refractivity contribution in [2.24, 2.45) is 5.92 Å². The molecule has 174 valence electrons. The molecule has 1 saturated heterocycles. The number of nitrogens with zero attached hydrogens (tertiary/aromatic N) is 4. The first kappa shape index (κ1) is 21.9. The summed E-state index contributed by atoms with van der Waals surface area (Å²) in [5, 5.41) is 3.01. The first-order valence-electron chi connectivity index (χ1n) is 11.6. The summed E-state index contributed by atoms with van der Waals surface area (Å²) in [6.07, 6.45) is 5.57. The molecule has 3 aromatic heterocycles. The quantitative estimate of drug-likeness (QED) is 0.459. The molecule has 1 unspecified atom stereocenters. The second kappa shape index (κ2) is 9.91. The first-order valence-corrected chi connectivity index (χ1v) is 11.6. The molecular formula is C26H27N5O3. The highest BCUT2D eigenvalue weighted by Crippen LogP contribution is 2.22. The van der Waals surface area contributed by atoms with Crippen molar-refractivity contribution >= 4 is 22.9 Å². The molecule has 8 nitrogen and oxygen atoms in total. The fourth-order valence-corrected chi connectivity index (χ4v) is 4.47. The molecule has 5 rings (SSSR count). The predicted octanol–water partition coefficient (Wildman–Crippen LogP) is 3.01. The van der Waals surface area contributed by atoms with E-state index in [1.807, 2.05) is 59.5 Å².